The molecule has 194 valence electrons. The van der Waals surface area contributed by atoms with Gasteiger partial charge in [0.15, 0.2) is 6.10 Å². The van der Waals surface area contributed by atoms with Gasteiger partial charge in [-0.2, -0.15) is 0 Å². The number of nitrogens with one attached hydrogen (secondary N) is 1. The Morgan fingerprint density at radius 1 is 0.711 bits per heavy atom. The molecule has 1 atom stereocenters. The zero-order valence-electron chi connectivity index (χ0n) is 21.9. The number of esters is 1. The molecular formula is C32H31NO5. The summed E-state index contributed by atoms with van der Waals surface area (Å²) in [6.07, 6.45) is -0.818. The Kier molecular flexibility index (Phi) is 8.12. The monoisotopic (exact) mass is 509 g/mol. The number of carbonyl (C=O) groups excluding carboxylic acids is 2. The normalized spacial score (nSPS) is 11.8. The molecule has 6 nitrogen and oxygen atoms in total. The highest BCUT2D eigenvalue weighted by molar-refractivity contribution is 6.04. The molecule has 1 amide bonds. The Balaban J connectivity index is 1.31. The Morgan fingerprint density at radius 2 is 1.26 bits per heavy atom. The minimum atomic E-state index is -0.818. The van der Waals surface area contributed by atoms with Gasteiger partial charge in [-0.25, -0.2) is 4.79 Å². The summed E-state index contributed by atoms with van der Waals surface area (Å²) >= 11 is 0. The van der Waals surface area contributed by atoms with E-state index >= 15 is 0 Å². The number of amides is 1. The van der Waals surface area contributed by atoms with Gasteiger partial charge in [0, 0.05) is 16.7 Å². The van der Waals surface area contributed by atoms with Crippen LogP contribution >= 0.6 is 0 Å². The third-order valence-corrected chi connectivity index (χ3v) is 6.40. The fourth-order valence-corrected chi connectivity index (χ4v) is 3.97. The topological polar surface area (TPSA) is 73.9 Å². The molecule has 0 saturated carbocycles. The summed E-state index contributed by atoms with van der Waals surface area (Å²) in [5.74, 6) is 0.799. The summed E-state index contributed by atoms with van der Waals surface area (Å²) in [7, 11) is 1.58. The number of hydrogen-bond donors (Lipinski definition) is 1. The minimum absolute atomic E-state index is 0.165. The standard InChI is InChI=1S/C32H31NO5/c1-22(37-28-18-12-25(13-19-28)32(2,3)24-8-6-5-7-9-24)31(35)38-29-16-10-23(11-17-29)30(34)33-26-14-20-27(36-4)21-15-26/h5-22H,1-4H3,(H,33,34). The zero-order valence-corrected chi connectivity index (χ0v) is 21.9. The maximum absolute atomic E-state index is 12.6. The molecule has 0 spiro atoms. The molecule has 4 aromatic carbocycles. The van der Waals surface area contributed by atoms with Crippen LogP contribution in [0.5, 0.6) is 17.2 Å². The number of carbonyl (C=O) groups is 2. The van der Waals surface area contributed by atoms with Crippen molar-refractivity contribution in [1.82, 2.24) is 0 Å². The Labute approximate surface area is 223 Å². The van der Waals surface area contributed by atoms with Gasteiger partial charge in [-0.05, 0) is 78.7 Å². The molecule has 0 aliphatic heterocycles. The second kappa shape index (κ2) is 11.6. The van der Waals surface area contributed by atoms with E-state index in [9.17, 15) is 9.59 Å². The summed E-state index contributed by atoms with van der Waals surface area (Å²) in [6, 6.07) is 31.4. The van der Waals surface area contributed by atoms with Crippen LogP contribution in [0.25, 0.3) is 0 Å². The Bertz CT molecular complexity index is 1360. The number of methoxy groups -OCH3 is 1. The van der Waals surface area contributed by atoms with Crippen LogP contribution in [-0.4, -0.2) is 25.1 Å². The summed E-state index contributed by atoms with van der Waals surface area (Å²) in [6.45, 7) is 5.99. The van der Waals surface area contributed by atoms with Crippen LogP contribution in [0, 0.1) is 0 Å². The van der Waals surface area contributed by atoms with Gasteiger partial charge in [-0.3, -0.25) is 4.79 Å². The number of benzene rings is 4. The third kappa shape index (κ3) is 6.40. The lowest BCUT2D eigenvalue weighted by atomic mass is 9.78. The first-order chi connectivity index (χ1) is 18.3. The van der Waals surface area contributed by atoms with Gasteiger partial charge in [-0.1, -0.05) is 56.3 Å². The van der Waals surface area contributed by atoms with Gasteiger partial charge in [0.05, 0.1) is 7.11 Å². The largest absolute Gasteiger partial charge is 0.497 e. The number of hydrogen-bond acceptors (Lipinski definition) is 5. The van der Waals surface area contributed by atoms with Crippen molar-refractivity contribution in [2.45, 2.75) is 32.3 Å². The van der Waals surface area contributed by atoms with E-state index in [-0.39, 0.29) is 11.3 Å². The predicted molar refractivity (Wildman–Crippen MR) is 148 cm³/mol. The molecule has 0 aliphatic rings. The molecule has 0 fully saturated rings. The van der Waals surface area contributed by atoms with Crippen molar-refractivity contribution in [1.29, 1.82) is 0 Å². The first-order valence-electron chi connectivity index (χ1n) is 12.4. The second-order valence-electron chi connectivity index (χ2n) is 9.40. The molecule has 0 aromatic heterocycles. The molecule has 4 aromatic rings. The third-order valence-electron chi connectivity index (χ3n) is 6.40. The molecule has 0 bridgehead atoms. The lowest BCUT2D eigenvalue weighted by Gasteiger charge is -2.26. The fraction of sp³-hybridized carbons (Fsp3) is 0.188. The van der Waals surface area contributed by atoms with Crippen molar-refractivity contribution in [2.24, 2.45) is 0 Å². The molecule has 1 unspecified atom stereocenters. The fourth-order valence-electron chi connectivity index (χ4n) is 3.97. The minimum Gasteiger partial charge on any atom is -0.497 e. The number of ether oxygens (including phenoxy) is 3. The molecule has 0 radical (unpaired) electrons. The van der Waals surface area contributed by atoms with Crippen LogP contribution in [0.4, 0.5) is 5.69 Å². The Hall–Kier alpha value is -4.58. The second-order valence-corrected chi connectivity index (χ2v) is 9.40. The van der Waals surface area contributed by atoms with Crippen molar-refractivity contribution >= 4 is 17.6 Å². The molecule has 6 heteroatoms. The lowest BCUT2D eigenvalue weighted by Crippen LogP contribution is -2.28. The van der Waals surface area contributed by atoms with Gasteiger partial charge < -0.3 is 19.5 Å². The van der Waals surface area contributed by atoms with E-state index in [4.69, 9.17) is 14.2 Å². The summed E-state index contributed by atoms with van der Waals surface area (Å²) in [4.78, 5) is 25.1. The summed E-state index contributed by atoms with van der Waals surface area (Å²) < 4.78 is 16.4. The van der Waals surface area contributed by atoms with Crippen molar-refractivity contribution in [3.63, 3.8) is 0 Å². The molecule has 0 saturated heterocycles. The highest BCUT2D eigenvalue weighted by Gasteiger charge is 2.23. The summed E-state index contributed by atoms with van der Waals surface area (Å²) in [5.41, 5.74) is 3.27. The smallest absolute Gasteiger partial charge is 0.352 e. The van der Waals surface area contributed by atoms with Crippen LogP contribution in [-0.2, 0) is 10.2 Å². The first kappa shape index (κ1) is 26.5. The van der Waals surface area contributed by atoms with Crippen LogP contribution in [0.2, 0.25) is 0 Å². The Morgan fingerprint density at radius 3 is 1.87 bits per heavy atom. The van der Waals surface area contributed by atoms with E-state index in [0.29, 0.717) is 28.5 Å². The summed E-state index contributed by atoms with van der Waals surface area (Å²) in [5, 5.41) is 2.82. The highest BCUT2D eigenvalue weighted by Crippen LogP contribution is 2.32. The number of rotatable bonds is 9. The lowest BCUT2D eigenvalue weighted by molar-refractivity contribution is -0.141. The van der Waals surface area contributed by atoms with Gasteiger partial charge in [0.25, 0.3) is 5.91 Å². The number of anilines is 1. The molecule has 38 heavy (non-hydrogen) atoms. The van der Waals surface area contributed by atoms with Crippen LogP contribution < -0.4 is 19.5 Å². The van der Waals surface area contributed by atoms with Crippen molar-refractivity contribution in [3.05, 3.63) is 120 Å². The zero-order chi connectivity index (χ0) is 27.1. The van der Waals surface area contributed by atoms with E-state index in [1.807, 2.05) is 42.5 Å². The van der Waals surface area contributed by atoms with Crippen molar-refractivity contribution in [3.8, 4) is 17.2 Å². The molecule has 0 aliphatic carbocycles. The molecule has 0 heterocycles. The van der Waals surface area contributed by atoms with Crippen LogP contribution in [0.15, 0.2) is 103 Å². The van der Waals surface area contributed by atoms with E-state index in [1.165, 1.54) is 5.56 Å². The average Bonchev–Trinajstić information content (AvgIpc) is 2.94. The predicted octanol–water partition coefficient (Wildman–Crippen LogP) is 6.65. The molecule has 4 rings (SSSR count). The van der Waals surface area contributed by atoms with E-state index in [2.05, 4.69) is 31.3 Å². The van der Waals surface area contributed by atoms with Gasteiger partial charge in [-0.15, -0.1) is 0 Å². The maximum atomic E-state index is 12.6. The average molecular weight is 510 g/mol. The van der Waals surface area contributed by atoms with Gasteiger partial charge in [0.1, 0.15) is 17.2 Å². The van der Waals surface area contributed by atoms with Crippen LogP contribution in [0.1, 0.15) is 42.3 Å². The maximum Gasteiger partial charge on any atom is 0.352 e. The van der Waals surface area contributed by atoms with Gasteiger partial charge in [0.2, 0.25) is 0 Å². The van der Waals surface area contributed by atoms with E-state index in [0.717, 1.165) is 5.56 Å². The quantitative estimate of drug-likeness (QED) is 0.202. The molecular weight excluding hydrogens is 478 g/mol. The van der Waals surface area contributed by atoms with Crippen molar-refractivity contribution in [2.75, 3.05) is 12.4 Å². The van der Waals surface area contributed by atoms with E-state index in [1.54, 1.807) is 62.6 Å². The SMILES string of the molecule is COc1ccc(NC(=O)c2ccc(OC(=O)C(C)Oc3ccc(C(C)(C)c4ccccc4)cc3)cc2)cc1. The van der Waals surface area contributed by atoms with Crippen molar-refractivity contribution < 1.29 is 23.8 Å². The van der Waals surface area contributed by atoms with E-state index < -0.39 is 12.1 Å². The first-order valence-corrected chi connectivity index (χ1v) is 12.4. The highest BCUT2D eigenvalue weighted by atomic mass is 16.6. The molecule has 1 N–H and O–H groups in total. The van der Waals surface area contributed by atoms with Gasteiger partial charge >= 0.3 is 5.97 Å². The van der Waals surface area contributed by atoms with Crippen LogP contribution in [0.3, 0.4) is 0 Å².